The van der Waals surface area contributed by atoms with Crippen molar-refractivity contribution in [1.29, 1.82) is 0 Å². The number of nitro groups is 1. The molecular weight excluding hydrogens is 416 g/mol. The number of hydrogen-bond donors (Lipinski definition) is 0. The molecule has 154 valence electrons. The normalized spacial score (nSPS) is 14.3. The molecule has 0 fully saturated rings. The summed E-state index contributed by atoms with van der Waals surface area (Å²) in [6.45, 7) is 3.30. The Morgan fingerprint density at radius 1 is 1.30 bits per heavy atom. The van der Waals surface area contributed by atoms with Crippen molar-refractivity contribution >= 4 is 41.2 Å². The number of rotatable bonds is 6. The lowest BCUT2D eigenvalue weighted by Gasteiger charge is -2.12. The zero-order chi connectivity index (χ0) is 21.8. The van der Waals surface area contributed by atoms with Crippen molar-refractivity contribution in [2.24, 2.45) is 4.99 Å². The predicted molar refractivity (Wildman–Crippen MR) is 108 cm³/mol. The van der Waals surface area contributed by atoms with E-state index in [1.54, 1.807) is 13.0 Å². The van der Waals surface area contributed by atoms with E-state index in [1.807, 2.05) is 0 Å². The highest BCUT2D eigenvalue weighted by molar-refractivity contribution is 6.32. The first kappa shape index (κ1) is 21.0. The number of nitro benzene ring substituents is 1. The highest BCUT2D eigenvalue weighted by atomic mass is 35.5. The third-order valence-corrected chi connectivity index (χ3v) is 4.11. The molecule has 0 saturated heterocycles. The number of aliphatic imine (C=N–C) groups is 1. The number of hydrogen-bond acceptors (Lipinski definition) is 8. The second-order valence-electron chi connectivity index (χ2n) is 6.00. The van der Waals surface area contributed by atoms with Crippen LogP contribution in [0.25, 0.3) is 6.08 Å². The van der Waals surface area contributed by atoms with E-state index < -0.39 is 16.9 Å². The summed E-state index contributed by atoms with van der Waals surface area (Å²) in [6, 6.07) is 8.48. The van der Waals surface area contributed by atoms with Gasteiger partial charge in [0.1, 0.15) is 0 Å². The molecule has 0 atom stereocenters. The zero-order valence-corrected chi connectivity index (χ0v) is 16.6. The van der Waals surface area contributed by atoms with Crippen LogP contribution in [0.1, 0.15) is 25.0 Å². The fourth-order valence-corrected chi connectivity index (χ4v) is 2.85. The fourth-order valence-electron chi connectivity index (χ4n) is 2.59. The summed E-state index contributed by atoms with van der Waals surface area (Å²) in [5.74, 6) is -0.911. The van der Waals surface area contributed by atoms with Gasteiger partial charge >= 0.3 is 11.9 Å². The number of carbonyl (C=O) groups excluding carboxylic acids is 2. The summed E-state index contributed by atoms with van der Waals surface area (Å²) in [5.41, 5.74) is 0.795. The first-order chi connectivity index (χ1) is 14.3. The second-order valence-corrected chi connectivity index (χ2v) is 6.40. The van der Waals surface area contributed by atoms with Crippen LogP contribution in [0.2, 0.25) is 5.02 Å². The van der Waals surface area contributed by atoms with Crippen LogP contribution in [0.15, 0.2) is 47.1 Å². The molecule has 1 heterocycles. The van der Waals surface area contributed by atoms with Gasteiger partial charge in [-0.2, -0.15) is 0 Å². The summed E-state index contributed by atoms with van der Waals surface area (Å²) in [5, 5.41) is 10.9. The molecule has 1 aliphatic heterocycles. The molecule has 0 amide bonds. The molecule has 3 rings (SSSR count). The highest BCUT2D eigenvalue weighted by Crippen LogP contribution is 2.37. The van der Waals surface area contributed by atoms with Crippen molar-refractivity contribution in [3.05, 3.63) is 68.4 Å². The molecule has 0 N–H and O–H groups in total. The minimum absolute atomic E-state index is 0.00195. The minimum atomic E-state index is -0.693. The number of esters is 2. The first-order valence-electron chi connectivity index (χ1n) is 8.70. The quantitative estimate of drug-likeness (QED) is 0.224. The lowest BCUT2D eigenvalue weighted by atomic mass is 10.1. The van der Waals surface area contributed by atoms with Crippen molar-refractivity contribution in [3.8, 4) is 11.5 Å². The number of ether oxygens (including phenoxy) is 3. The summed E-state index contributed by atoms with van der Waals surface area (Å²) in [7, 11) is 0. The van der Waals surface area contributed by atoms with Gasteiger partial charge in [0.2, 0.25) is 5.90 Å². The van der Waals surface area contributed by atoms with E-state index in [9.17, 15) is 19.7 Å². The molecular formula is C20H15ClN2O7. The summed E-state index contributed by atoms with van der Waals surface area (Å²) in [6.07, 6.45) is 1.44. The summed E-state index contributed by atoms with van der Waals surface area (Å²) < 4.78 is 15.7. The van der Waals surface area contributed by atoms with Gasteiger partial charge in [-0.25, -0.2) is 9.79 Å². The Morgan fingerprint density at radius 3 is 2.60 bits per heavy atom. The largest absolute Gasteiger partial charge is 0.490 e. The molecule has 2 aromatic carbocycles. The van der Waals surface area contributed by atoms with Crippen molar-refractivity contribution in [2.45, 2.75) is 13.8 Å². The molecule has 0 unspecified atom stereocenters. The maximum atomic E-state index is 12.2. The Bertz CT molecular complexity index is 1090. The van der Waals surface area contributed by atoms with Crippen LogP contribution in [-0.4, -0.2) is 29.4 Å². The molecule has 0 bridgehead atoms. The monoisotopic (exact) mass is 430 g/mol. The minimum Gasteiger partial charge on any atom is -0.490 e. The number of cyclic esters (lactones) is 1. The summed E-state index contributed by atoms with van der Waals surface area (Å²) >= 11 is 6.21. The van der Waals surface area contributed by atoms with Gasteiger partial charge in [0.05, 0.1) is 16.6 Å². The molecule has 30 heavy (non-hydrogen) atoms. The Morgan fingerprint density at radius 2 is 2.00 bits per heavy atom. The summed E-state index contributed by atoms with van der Waals surface area (Å²) in [4.78, 5) is 37.9. The lowest BCUT2D eigenvalue weighted by molar-refractivity contribution is -0.384. The number of non-ortho nitro benzene ring substituents is 1. The van der Waals surface area contributed by atoms with E-state index in [4.69, 9.17) is 25.8 Å². The first-order valence-corrected chi connectivity index (χ1v) is 9.08. The number of nitrogens with zero attached hydrogens (tertiary/aromatic N) is 2. The van der Waals surface area contributed by atoms with Crippen LogP contribution in [0.5, 0.6) is 11.5 Å². The fraction of sp³-hybridized carbons (Fsp3) is 0.150. The van der Waals surface area contributed by atoms with Gasteiger partial charge in [0, 0.05) is 24.6 Å². The topological polar surface area (TPSA) is 117 Å². The smallest absolute Gasteiger partial charge is 0.363 e. The molecule has 0 aliphatic carbocycles. The van der Waals surface area contributed by atoms with Crippen molar-refractivity contribution in [2.75, 3.05) is 6.61 Å². The zero-order valence-electron chi connectivity index (χ0n) is 15.9. The van der Waals surface area contributed by atoms with Gasteiger partial charge in [0.25, 0.3) is 5.69 Å². The average molecular weight is 431 g/mol. The van der Waals surface area contributed by atoms with Gasteiger partial charge in [-0.1, -0.05) is 11.6 Å². The Balaban J connectivity index is 1.94. The maximum absolute atomic E-state index is 12.2. The van der Waals surface area contributed by atoms with E-state index in [0.29, 0.717) is 17.7 Å². The Labute approximate surface area is 175 Å². The molecule has 2 aromatic rings. The van der Waals surface area contributed by atoms with E-state index in [2.05, 4.69) is 4.99 Å². The van der Waals surface area contributed by atoms with Crippen LogP contribution < -0.4 is 9.47 Å². The molecule has 1 aliphatic rings. The van der Waals surface area contributed by atoms with E-state index >= 15 is 0 Å². The highest BCUT2D eigenvalue weighted by Gasteiger charge is 2.25. The molecule has 10 heteroatoms. The number of halogens is 1. The van der Waals surface area contributed by atoms with E-state index in [0.717, 1.165) is 0 Å². The third-order valence-electron chi connectivity index (χ3n) is 3.83. The van der Waals surface area contributed by atoms with Crippen molar-refractivity contribution in [3.63, 3.8) is 0 Å². The average Bonchev–Trinajstić information content (AvgIpc) is 3.05. The molecule has 0 radical (unpaired) electrons. The third kappa shape index (κ3) is 4.64. The molecule has 0 spiro atoms. The van der Waals surface area contributed by atoms with Crippen LogP contribution in [0.3, 0.4) is 0 Å². The SMILES string of the molecule is CCOc1cc(/C=C2/N=C(c3ccc([N+](=O)[O-])cc3)OC2=O)cc(Cl)c1OC(C)=O. The van der Waals surface area contributed by atoms with Crippen LogP contribution in [0.4, 0.5) is 5.69 Å². The standard InChI is InChI=1S/C20H15ClN2O7/c1-3-28-17-10-12(8-15(21)18(17)29-11(2)24)9-16-20(25)30-19(22-16)13-4-6-14(7-5-13)23(26)27/h4-10H,3H2,1-2H3/b16-9+. The van der Waals surface area contributed by atoms with Gasteiger partial charge in [-0.15, -0.1) is 0 Å². The van der Waals surface area contributed by atoms with Gasteiger partial charge in [-0.3, -0.25) is 14.9 Å². The van der Waals surface area contributed by atoms with Crippen molar-refractivity contribution < 1.29 is 28.7 Å². The van der Waals surface area contributed by atoms with Crippen LogP contribution in [0, 0.1) is 10.1 Å². The van der Waals surface area contributed by atoms with Crippen LogP contribution in [-0.2, 0) is 14.3 Å². The Kier molecular flexibility index (Phi) is 6.12. The second kappa shape index (κ2) is 8.75. The van der Waals surface area contributed by atoms with E-state index in [-0.39, 0.29) is 33.8 Å². The number of carbonyl (C=O) groups is 2. The Hall–Kier alpha value is -3.72. The van der Waals surface area contributed by atoms with Gasteiger partial charge in [-0.05, 0) is 42.8 Å². The van der Waals surface area contributed by atoms with E-state index in [1.165, 1.54) is 43.3 Å². The molecule has 0 aromatic heterocycles. The van der Waals surface area contributed by atoms with Crippen molar-refractivity contribution in [1.82, 2.24) is 0 Å². The molecule has 9 nitrogen and oxygen atoms in total. The lowest BCUT2D eigenvalue weighted by Crippen LogP contribution is -2.06. The van der Waals surface area contributed by atoms with Crippen LogP contribution >= 0.6 is 11.6 Å². The maximum Gasteiger partial charge on any atom is 0.363 e. The van der Waals surface area contributed by atoms with Gasteiger partial charge < -0.3 is 14.2 Å². The van der Waals surface area contributed by atoms with Gasteiger partial charge in [0.15, 0.2) is 17.2 Å². The molecule has 0 saturated carbocycles. The number of benzene rings is 2. The predicted octanol–water partition coefficient (Wildman–Crippen LogP) is 3.92.